The van der Waals surface area contributed by atoms with Gasteiger partial charge in [0.15, 0.2) is 0 Å². The van der Waals surface area contributed by atoms with Gasteiger partial charge in [0.05, 0.1) is 12.6 Å². The molecule has 0 atom stereocenters. The molecule has 0 heterocycles. The van der Waals surface area contributed by atoms with Crippen molar-refractivity contribution in [3.05, 3.63) is 28.8 Å². The van der Waals surface area contributed by atoms with Crippen LogP contribution in [0.3, 0.4) is 0 Å². The van der Waals surface area contributed by atoms with Gasteiger partial charge in [-0.05, 0) is 43.4 Å². The molecule has 0 radical (unpaired) electrons. The highest BCUT2D eigenvalue weighted by Gasteiger charge is 2.38. The van der Waals surface area contributed by atoms with Crippen LogP contribution in [0.1, 0.15) is 42.4 Å². The number of nitrogens with zero attached hydrogens (tertiary/aromatic N) is 1. The summed E-state index contributed by atoms with van der Waals surface area (Å²) >= 11 is 0. The molecule has 1 fully saturated rings. The molecule has 0 aromatic heterocycles. The van der Waals surface area contributed by atoms with Gasteiger partial charge < -0.3 is 15.4 Å². The predicted molar refractivity (Wildman–Crippen MR) is 91.6 cm³/mol. The fraction of sp³-hybridized carbons (Fsp3) is 0.588. The van der Waals surface area contributed by atoms with Gasteiger partial charge in [0, 0.05) is 13.6 Å². The number of hydrogen-bond donors (Lipinski definition) is 1. The number of carbonyl (C=O) groups is 1. The lowest BCUT2D eigenvalue weighted by molar-refractivity contribution is -0.136. The number of amides is 1. The second-order valence-electron chi connectivity index (χ2n) is 6.29. The minimum atomic E-state index is -0.648. The molecule has 124 valence electrons. The smallest absolute Gasteiger partial charge is 0.242 e. The summed E-state index contributed by atoms with van der Waals surface area (Å²) in [5, 5.41) is 0. The molecule has 0 unspecified atom stereocenters. The molecule has 5 heteroatoms. The molecular formula is C17H27ClN2O2. The molecule has 2 N–H and O–H groups in total. The molecule has 1 aliphatic rings. The molecule has 0 aliphatic heterocycles. The van der Waals surface area contributed by atoms with Crippen LogP contribution in [0.15, 0.2) is 12.1 Å². The highest BCUT2D eigenvalue weighted by Crippen LogP contribution is 2.30. The lowest BCUT2D eigenvalue weighted by Crippen LogP contribution is -2.52. The molecule has 1 aromatic rings. The molecule has 0 saturated heterocycles. The molecule has 0 bridgehead atoms. The van der Waals surface area contributed by atoms with Crippen LogP contribution in [-0.2, 0) is 11.3 Å². The Hall–Kier alpha value is -1.26. The van der Waals surface area contributed by atoms with Gasteiger partial charge in [0.1, 0.15) is 5.75 Å². The van der Waals surface area contributed by atoms with Crippen molar-refractivity contribution < 1.29 is 9.53 Å². The third kappa shape index (κ3) is 3.73. The van der Waals surface area contributed by atoms with Crippen LogP contribution >= 0.6 is 12.4 Å². The summed E-state index contributed by atoms with van der Waals surface area (Å²) in [4.78, 5) is 14.3. The first kappa shape index (κ1) is 18.8. The first-order chi connectivity index (χ1) is 9.87. The zero-order chi connectivity index (χ0) is 15.6. The van der Waals surface area contributed by atoms with Crippen LogP contribution in [0.5, 0.6) is 5.75 Å². The Bertz CT molecular complexity index is 516. The molecule has 2 rings (SSSR count). The Kier molecular flexibility index (Phi) is 6.27. The Balaban J connectivity index is 0.00000242. The van der Waals surface area contributed by atoms with E-state index in [-0.39, 0.29) is 18.3 Å². The van der Waals surface area contributed by atoms with Crippen molar-refractivity contribution in [2.24, 2.45) is 5.73 Å². The molecule has 1 amide bonds. The second-order valence-corrected chi connectivity index (χ2v) is 6.29. The molecular weight excluding hydrogens is 300 g/mol. The SMILES string of the molecule is COc1c(C)cc(CN(C)C(=O)C2(N)CCCC2)cc1C.Cl. The summed E-state index contributed by atoms with van der Waals surface area (Å²) in [6.45, 7) is 4.64. The number of nitrogens with two attached hydrogens (primary N) is 1. The van der Waals surface area contributed by atoms with Gasteiger partial charge in [-0.3, -0.25) is 4.79 Å². The first-order valence-electron chi connectivity index (χ1n) is 7.56. The predicted octanol–water partition coefficient (Wildman–Crippen LogP) is 2.96. The molecule has 4 nitrogen and oxygen atoms in total. The fourth-order valence-electron chi connectivity index (χ4n) is 3.40. The minimum Gasteiger partial charge on any atom is -0.496 e. The maximum absolute atomic E-state index is 12.5. The Morgan fingerprint density at radius 1 is 1.27 bits per heavy atom. The zero-order valence-corrected chi connectivity index (χ0v) is 14.8. The summed E-state index contributed by atoms with van der Waals surface area (Å²) in [7, 11) is 3.52. The van der Waals surface area contributed by atoms with E-state index in [4.69, 9.17) is 10.5 Å². The van der Waals surface area contributed by atoms with E-state index in [1.165, 1.54) is 0 Å². The van der Waals surface area contributed by atoms with Gasteiger partial charge in [-0.2, -0.15) is 0 Å². The van der Waals surface area contributed by atoms with Gasteiger partial charge in [-0.1, -0.05) is 25.0 Å². The van der Waals surface area contributed by atoms with Crippen molar-refractivity contribution in [2.45, 2.75) is 51.6 Å². The van der Waals surface area contributed by atoms with E-state index < -0.39 is 5.54 Å². The highest BCUT2D eigenvalue weighted by molar-refractivity contribution is 5.86. The molecule has 1 saturated carbocycles. The fourth-order valence-corrected chi connectivity index (χ4v) is 3.40. The molecule has 0 spiro atoms. The van der Waals surface area contributed by atoms with E-state index in [0.717, 1.165) is 48.1 Å². The lowest BCUT2D eigenvalue weighted by Gasteiger charge is -2.29. The van der Waals surface area contributed by atoms with Crippen LogP contribution in [0.25, 0.3) is 0 Å². The van der Waals surface area contributed by atoms with Crippen LogP contribution in [0, 0.1) is 13.8 Å². The second kappa shape index (κ2) is 7.34. The number of likely N-dealkylation sites (N-methyl/N-ethyl adjacent to an activating group) is 1. The number of carbonyl (C=O) groups excluding carboxylic acids is 1. The molecule has 22 heavy (non-hydrogen) atoms. The Morgan fingerprint density at radius 2 is 1.77 bits per heavy atom. The topological polar surface area (TPSA) is 55.6 Å². The Morgan fingerprint density at radius 3 is 2.23 bits per heavy atom. The van der Waals surface area contributed by atoms with Crippen molar-refractivity contribution in [1.29, 1.82) is 0 Å². The number of aryl methyl sites for hydroxylation is 2. The third-order valence-electron chi connectivity index (χ3n) is 4.41. The van der Waals surface area contributed by atoms with Crippen molar-refractivity contribution in [3.8, 4) is 5.75 Å². The number of hydrogen-bond acceptors (Lipinski definition) is 3. The van der Waals surface area contributed by atoms with Crippen LogP contribution in [0.2, 0.25) is 0 Å². The van der Waals surface area contributed by atoms with Crippen molar-refractivity contribution >= 4 is 18.3 Å². The first-order valence-corrected chi connectivity index (χ1v) is 7.56. The summed E-state index contributed by atoms with van der Waals surface area (Å²) in [6.07, 6.45) is 3.71. The van der Waals surface area contributed by atoms with Crippen molar-refractivity contribution in [3.63, 3.8) is 0 Å². The lowest BCUT2D eigenvalue weighted by atomic mass is 9.97. The summed E-state index contributed by atoms with van der Waals surface area (Å²) in [5.41, 5.74) is 8.91. The number of rotatable bonds is 4. The van der Waals surface area contributed by atoms with Gasteiger partial charge in [0.2, 0.25) is 5.91 Å². The van der Waals surface area contributed by atoms with Crippen molar-refractivity contribution in [2.75, 3.05) is 14.2 Å². The minimum absolute atomic E-state index is 0. The average molecular weight is 327 g/mol. The van der Waals surface area contributed by atoms with Crippen LogP contribution in [0.4, 0.5) is 0 Å². The highest BCUT2D eigenvalue weighted by atomic mass is 35.5. The van der Waals surface area contributed by atoms with Gasteiger partial charge in [0.25, 0.3) is 0 Å². The summed E-state index contributed by atoms with van der Waals surface area (Å²) in [6, 6.07) is 4.15. The summed E-state index contributed by atoms with van der Waals surface area (Å²) < 4.78 is 5.38. The van der Waals surface area contributed by atoms with Crippen molar-refractivity contribution in [1.82, 2.24) is 4.90 Å². The van der Waals surface area contributed by atoms with Gasteiger partial charge >= 0.3 is 0 Å². The third-order valence-corrected chi connectivity index (χ3v) is 4.41. The largest absolute Gasteiger partial charge is 0.496 e. The van der Waals surface area contributed by atoms with E-state index in [9.17, 15) is 4.79 Å². The van der Waals surface area contributed by atoms with E-state index in [2.05, 4.69) is 12.1 Å². The van der Waals surface area contributed by atoms with E-state index in [0.29, 0.717) is 6.54 Å². The number of ether oxygens (including phenoxy) is 1. The molecule has 1 aromatic carbocycles. The average Bonchev–Trinajstić information content (AvgIpc) is 2.85. The normalized spacial score (nSPS) is 16.0. The Labute approximate surface area is 139 Å². The van der Waals surface area contributed by atoms with Gasteiger partial charge in [-0.25, -0.2) is 0 Å². The number of benzene rings is 1. The summed E-state index contributed by atoms with van der Waals surface area (Å²) in [5.74, 6) is 0.977. The van der Waals surface area contributed by atoms with E-state index in [1.54, 1.807) is 12.0 Å². The quantitative estimate of drug-likeness (QED) is 0.925. The zero-order valence-electron chi connectivity index (χ0n) is 13.9. The maximum Gasteiger partial charge on any atom is 0.242 e. The van der Waals surface area contributed by atoms with Gasteiger partial charge in [-0.15, -0.1) is 12.4 Å². The standard InChI is InChI=1S/C17H26N2O2.ClH/c1-12-9-14(10-13(2)15(12)21-4)11-19(3)16(20)17(18)7-5-6-8-17;/h9-10H,5-8,11,18H2,1-4H3;1H. The maximum atomic E-state index is 12.5. The van der Waals surface area contributed by atoms with Crippen LogP contribution in [-0.4, -0.2) is 30.5 Å². The number of halogens is 1. The number of methoxy groups -OCH3 is 1. The van der Waals surface area contributed by atoms with Crippen LogP contribution < -0.4 is 10.5 Å². The van der Waals surface area contributed by atoms with E-state index in [1.807, 2.05) is 20.9 Å². The monoisotopic (exact) mass is 326 g/mol. The van der Waals surface area contributed by atoms with E-state index >= 15 is 0 Å². The molecule has 1 aliphatic carbocycles.